The Morgan fingerprint density at radius 2 is 1.84 bits per heavy atom. The molecule has 0 saturated carbocycles. The molecule has 1 aliphatic rings. The lowest BCUT2D eigenvalue weighted by Crippen LogP contribution is -2.41. The van der Waals surface area contributed by atoms with E-state index in [9.17, 15) is 14.7 Å². The lowest BCUT2D eigenvalue weighted by Gasteiger charge is -2.32. The third-order valence-corrected chi connectivity index (χ3v) is 4.31. The highest BCUT2D eigenvalue weighted by molar-refractivity contribution is 6.62. The number of benzene rings is 1. The van der Waals surface area contributed by atoms with Crippen molar-refractivity contribution < 1.29 is 28.7 Å². The summed E-state index contributed by atoms with van der Waals surface area (Å²) in [7, 11) is -0.742. The molecule has 0 aliphatic carbocycles. The Morgan fingerprint density at radius 3 is 2.36 bits per heavy atom. The third kappa shape index (κ3) is 4.21. The van der Waals surface area contributed by atoms with E-state index in [4.69, 9.17) is 14.0 Å². The minimum absolute atomic E-state index is 0.00577. The predicted octanol–water partition coefficient (Wildman–Crippen LogP) is 2.42. The van der Waals surface area contributed by atoms with E-state index in [1.807, 2.05) is 27.7 Å². The molecule has 0 unspecified atom stereocenters. The number of carbonyl (C=O) groups excluding carboxylic acids is 1. The quantitative estimate of drug-likeness (QED) is 0.628. The number of amides is 1. The Hall–Kier alpha value is -2.32. The number of rotatable bonds is 5. The van der Waals surface area contributed by atoms with E-state index < -0.39 is 30.4 Å². The fourth-order valence-corrected chi connectivity index (χ4v) is 2.25. The second kappa shape index (κ2) is 6.89. The smallest absolute Gasteiger partial charge is 0.478 e. The number of carbonyl (C=O) groups is 2. The van der Waals surface area contributed by atoms with Gasteiger partial charge in [0.05, 0.1) is 16.8 Å². The molecule has 1 fully saturated rings. The van der Waals surface area contributed by atoms with Gasteiger partial charge < -0.3 is 19.2 Å². The summed E-state index contributed by atoms with van der Waals surface area (Å²) in [6.45, 7) is 11.1. The van der Waals surface area contributed by atoms with Crippen LogP contribution in [0.4, 0.5) is 10.5 Å². The van der Waals surface area contributed by atoms with Crippen molar-refractivity contribution in [2.24, 2.45) is 0 Å². The largest absolute Gasteiger partial charge is 0.494 e. The zero-order chi connectivity index (χ0) is 18.8. The summed E-state index contributed by atoms with van der Waals surface area (Å²) in [5, 5.41) is 11.8. The molecule has 8 heteroatoms. The highest BCUT2D eigenvalue weighted by Gasteiger charge is 2.51. The molecular weight excluding hydrogens is 325 g/mol. The van der Waals surface area contributed by atoms with Gasteiger partial charge in [0.1, 0.15) is 6.61 Å². The summed E-state index contributed by atoms with van der Waals surface area (Å²) < 4.78 is 16.7. The van der Waals surface area contributed by atoms with Crippen LogP contribution in [-0.2, 0) is 14.0 Å². The van der Waals surface area contributed by atoms with Gasteiger partial charge in [0.2, 0.25) is 0 Å². The average Bonchev–Trinajstić information content (AvgIpc) is 2.73. The lowest BCUT2D eigenvalue weighted by molar-refractivity contribution is 0.00578. The van der Waals surface area contributed by atoms with Gasteiger partial charge in [-0.05, 0) is 51.4 Å². The highest BCUT2D eigenvalue weighted by Crippen LogP contribution is 2.36. The van der Waals surface area contributed by atoms with Gasteiger partial charge in [-0.3, -0.25) is 5.32 Å². The zero-order valence-electron chi connectivity index (χ0n) is 14.8. The van der Waals surface area contributed by atoms with Gasteiger partial charge in [-0.15, -0.1) is 0 Å². The van der Waals surface area contributed by atoms with Gasteiger partial charge in [-0.2, -0.15) is 0 Å². The number of carboxylic acid groups (broad SMARTS) is 1. The summed E-state index contributed by atoms with van der Waals surface area (Å²) in [5.41, 5.74) is -0.344. The Labute approximate surface area is 147 Å². The van der Waals surface area contributed by atoms with Crippen LogP contribution in [0, 0.1) is 0 Å². The molecular formula is C17H22BNO6. The Bertz CT molecular complexity index is 684. The van der Waals surface area contributed by atoms with E-state index in [2.05, 4.69) is 11.9 Å². The molecule has 0 bridgehead atoms. The molecule has 1 aromatic carbocycles. The number of hydrogen-bond acceptors (Lipinski definition) is 5. The number of carboxylic acids is 1. The van der Waals surface area contributed by atoms with E-state index in [-0.39, 0.29) is 17.9 Å². The average molecular weight is 347 g/mol. The van der Waals surface area contributed by atoms with Crippen LogP contribution in [0.15, 0.2) is 30.9 Å². The summed E-state index contributed by atoms with van der Waals surface area (Å²) in [5.74, 6) is -1.12. The van der Waals surface area contributed by atoms with Gasteiger partial charge in [-0.1, -0.05) is 12.7 Å². The number of hydrogen-bond donors (Lipinski definition) is 2. The van der Waals surface area contributed by atoms with Gasteiger partial charge in [0, 0.05) is 5.69 Å². The van der Waals surface area contributed by atoms with Crippen molar-refractivity contribution >= 4 is 30.3 Å². The lowest BCUT2D eigenvalue weighted by atomic mass is 9.78. The topological polar surface area (TPSA) is 94.1 Å². The van der Waals surface area contributed by atoms with Crippen molar-refractivity contribution in [2.75, 3.05) is 11.9 Å². The van der Waals surface area contributed by atoms with Gasteiger partial charge in [0.15, 0.2) is 0 Å². The maximum atomic E-state index is 11.7. The molecule has 7 nitrogen and oxygen atoms in total. The Balaban J connectivity index is 2.31. The molecule has 0 radical (unpaired) electrons. The first-order chi connectivity index (χ1) is 11.6. The van der Waals surface area contributed by atoms with Crippen molar-refractivity contribution in [1.82, 2.24) is 0 Å². The summed E-state index contributed by atoms with van der Waals surface area (Å²) in [6.07, 6.45) is 0.727. The molecule has 1 aromatic rings. The van der Waals surface area contributed by atoms with E-state index in [0.29, 0.717) is 5.46 Å². The molecule has 0 atom stereocenters. The normalized spacial score (nSPS) is 17.8. The second-order valence-corrected chi connectivity index (χ2v) is 6.75. The van der Waals surface area contributed by atoms with Crippen LogP contribution in [0.1, 0.15) is 38.1 Å². The monoisotopic (exact) mass is 347 g/mol. The van der Waals surface area contributed by atoms with Crippen LogP contribution < -0.4 is 10.8 Å². The van der Waals surface area contributed by atoms with Crippen LogP contribution in [0.3, 0.4) is 0 Å². The standard InChI is InChI=1S/C17H22BNO6/c1-6-7-23-15(22)19-13-9-11(14(20)21)8-12(10-13)18-24-16(2,3)17(4,5)25-18/h6,8-10H,1,7H2,2-5H3,(H,19,22)(H,20,21). The Kier molecular flexibility index (Phi) is 5.24. The SMILES string of the molecule is C=CCOC(=O)Nc1cc(B2OC(C)(C)C(C)(C)O2)cc(C(=O)O)c1. The molecule has 1 saturated heterocycles. The van der Waals surface area contributed by atoms with Crippen LogP contribution in [0.2, 0.25) is 0 Å². The molecule has 0 aromatic heterocycles. The number of nitrogens with one attached hydrogen (secondary N) is 1. The molecule has 0 spiro atoms. The molecule has 25 heavy (non-hydrogen) atoms. The maximum absolute atomic E-state index is 11.7. The third-order valence-electron chi connectivity index (χ3n) is 4.31. The maximum Gasteiger partial charge on any atom is 0.494 e. The molecule has 134 valence electrons. The van der Waals surface area contributed by atoms with E-state index in [1.54, 1.807) is 6.07 Å². The minimum atomic E-state index is -1.12. The van der Waals surface area contributed by atoms with Crippen molar-refractivity contribution in [3.63, 3.8) is 0 Å². The summed E-state index contributed by atoms with van der Waals surface area (Å²) in [6, 6.07) is 4.40. The van der Waals surface area contributed by atoms with E-state index in [0.717, 1.165) is 0 Å². The predicted molar refractivity (Wildman–Crippen MR) is 94.3 cm³/mol. The minimum Gasteiger partial charge on any atom is -0.478 e. The zero-order valence-corrected chi connectivity index (χ0v) is 14.8. The Morgan fingerprint density at radius 1 is 1.24 bits per heavy atom. The first-order valence-corrected chi connectivity index (χ1v) is 7.84. The van der Waals surface area contributed by atoms with Crippen LogP contribution in [0.25, 0.3) is 0 Å². The molecule has 1 aliphatic heterocycles. The van der Waals surface area contributed by atoms with Crippen LogP contribution in [-0.4, -0.2) is 42.1 Å². The number of aromatic carboxylic acids is 1. The van der Waals surface area contributed by atoms with Gasteiger partial charge in [-0.25, -0.2) is 9.59 Å². The first-order valence-electron chi connectivity index (χ1n) is 7.84. The fraction of sp³-hybridized carbons (Fsp3) is 0.412. The number of anilines is 1. The van der Waals surface area contributed by atoms with Crippen molar-refractivity contribution in [3.8, 4) is 0 Å². The van der Waals surface area contributed by atoms with Crippen LogP contribution in [0.5, 0.6) is 0 Å². The second-order valence-electron chi connectivity index (χ2n) is 6.75. The van der Waals surface area contributed by atoms with Crippen molar-refractivity contribution in [2.45, 2.75) is 38.9 Å². The first kappa shape index (κ1) is 19.0. The van der Waals surface area contributed by atoms with Crippen molar-refractivity contribution in [1.29, 1.82) is 0 Å². The van der Waals surface area contributed by atoms with Crippen molar-refractivity contribution in [3.05, 3.63) is 36.4 Å². The summed E-state index contributed by atoms with van der Waals surface area (Å²) in [4.78, 5) is 23.1. The van der Waals surface area contributed by atoms with Crippen LogP contribution >= 0.6 is 0 Å². The summed E-state index contributed by atoms with van der Waals surface area (Å²) >= 11 is 0. The van der Waals surface area contributed by atoms with Gasteiger partial charge in [0.25, 0.3) is 0 Å². The van der Waals surface area contributed by atoms with E-state index in [1.165, 1.54) is 18.2 Å². The number of ether oxygens (including phenoxy) is 1. The van der Waals surface area contributed by atoms with Gasteiger partial charge >= 0.3 is 19.2 Å². The molecule has 1 amide bonds. The molecule has 1 heterocycles. The van der Waals surface area contributed by atoms with E-state index >= 15 is 0 Å². The molecule has 2 rings (SSSR count). The highest BCUT2D eigenvalue weighted by atomic mass is 16.7. The molecule has 2 N–H and O–H groups in total. The fourth-order valence-electron chi connectivity index (χ4n) is 2.25.